The molecule has 110 valence electrons. The number of ketones is 1. The van der Waals surface area contributed by atoms with Crippen LogP contribution in [0.5, 0.6) is 5.75 Å². The molecule has 0 unspecified atom stereocenters. The summed E-state index contributed by atoms with van der Waals surface area (Å²) in [5.41, 5.74) is 2.09. The van der Waals surface area contributed by atoms with Gasteiger partial charge in [0.15, 0.2) is 5.78 Å². The molecule has 0 N–H and O–H groups in total. The average molecular weight is 312 g/mol. The van der Waals surface area contributed by atoms with Gasteiger partial charge in [-0.2, -0.15) is 0 Å². The van der Waals surface area contributed by atoms with E-state index in [0.717, 1.165) is 16.5 Å². The molecule has 3 aromatic rings. The van der Waals surface area contributed by atoms with Gasteiger partial charge in [0.2, 0.25) is 0 Å². The first-order valence-electron chi connectivity index (χ1n) is 6.91. The maximum atomic E-state index is 11.8. The summed E-state index contributed by atoms with van der Waals surface area (Å²) in [6, 6.07) is 17.0. The van der Waals surface area contributed by atoms with Crippen molar-refractivity contribution in [2.24, 2.45) is 0 Å². The quantitative estimate of drug-likeness (QED) is 0.657. The number of carbonyl (C=O) groups is 1. The number of nitrogens with zero attached hydrogens (tertiary/aromatic N) is 1. The maximum Gasteiger partial charge on any atom is 0.181 e. The number of rotatable bonds is 4. The molecule has 22 heavy (non-hydrogen) atoms. The molecule has 4 heteroatoms. The number of Topliss-reactive ketones (excluding diaryl/α,β-unsaturated/α-hetero) is 1. The second-order valence-corrected chi connectivity index (χ2v) is 5.44. The normalized spacial score (nSPS) is 10.6. The predicted molar refractivity (Wildman–Crippen MR) is 87.5 cm³/mol. The summed E-state index contributed by atoms with van der Waals surface area (Å²) in [5.74, 6) is 0.353. The van der Waals surface area contributed by atoms with Crippen molar-refractivity contribution in [3.63, 3.8) is 0 Å². The Labute approximate surface area is 133 Å². The summed E-state index contributed by atoms with van der Waals surface area (Å²) < 4.78 is 5.81. The van der Waals surface area contributed by atoms with Crippen molar-refractivity contribution in [1.29, 1.82) is 0 Å². The third-order valence-electron chi connectivity index (χ3n) is 3.31. The van der Waals surface area contributed by atoms with Gasteiger partial charge < -0.3 is 4.74 Å². The van der Waals surface area contributed by atoms with Gasteiger partial charge >= 0.3 is 0 Å². The summed E-state index contributed by atoms with van der Waals surface area (Å²) >= 11 is 6.01. The molecule has 3 nitrogen and oxygen atoms in total. The molecule has 0 amide bonds. The monoisotopic (exact) mass is 311 g/mol. The largest absolute Gasteiger partial charge is 0.486 e. The van der Waals surface area contributed by atoms with Crippen molar-refractivity contribution >= 4 is 28.3 Å². The molecule has 3 rings (SSSR count). The Morgan fingerprint density at radius 1 is 1.14 bits per heavy atom. The third kappa shape index (κ3) is 3.10. The van der Waals surface area contributed by atoms with Gasteiger partial charge in [-0.1, -0.05) is 41.9 Å². The van der Waals surface area contributed by atoms with Crippen LogP contribution in [0.3, 0.4) is 0 Å². The van der Waals surface area contributed by atoms with Crippen LogP contribution >= 0.6 is 11.6 Å². The van der Waals surface area contributed by atoms with Crippen LogP contribution in [-0.2, 0) is 6.61 Å². The number of benzene rings is 2. The number of aromatic nitrogens is 1. The number of carbonyl (C=O) groups excluding carboxylic acids is 1. The lowest BCUT2D eigenvalue weighted by Crippen LogP contribution is -2.04. The second-order valence-electron chi connectivity index (χ2n) is 5.00. The van der Waals surface area contributed by atoms with Gasteiger partial charge in [-0.3, -0.25) is 4.79 Å². The van der Waals surface area contributed by atoms with E-state index in [2.05, 4.69) is 4.98 Å². The lowest BCUT2D eigenvalue weighted by atomic mass is 10.1. The molecule has 1 aromatic heterocycles. The zero-order valence-electron chi connectivity index (χ0n) is 12.0. The molecule has 0 aliphatic heterocycles. The summed E-state index contributed by atoms with van der Waals surface area (Å²) in [4.78, 5) is 16.2. The van der Waals surface area contributed by atoms with E-state index in [4.69, 9.17) is 16.3 Å². The van der Waals surface area contributed by atoms with E-state index in [1.807, 2.05) is 42.5 Å². The lowest BCUT2D eigenvalue weighted by molar-refractivity contribution is 0.100. The van der Waals surface area contributed by atoms with Gasteiger partial charge in [0.1, 0.15) is 18.1 Å². The summed E-state index contributed by atoms with van der Waals surface area (Å²) in [5, 5.41) is 1.47. The fraction of sp³-hybridized carbons (Fsp3) is 0.111. The SMILES string of the molecule is CC(=O)c1nc2ccc(Cl)cc2cc1OCc1ccccc1. The molecule has 0 saturated heterocycles. The fourth-order valence-electron chi connectivity index (χ4n) is 2.23. The van der Waals surface area contributed by atoms with Crippen LogP contribution in [0.4, 0.5) is 0 Å². The van der Waals surface area contributed by atoms with E-state index in [-0.39, 0.29) is 5.78 Å². The number of ether oxygens (including phenoxy) is 1. The Morgan fingerprint density at radius 2 is 1.91 bits per heavy atom. The van der Waals surface area contributed by atoms with Crippen molar-refractivity contribution in [3.8, 4) is 5.75 Å². The van der Waals surface area contributed by atoms with Crippen molar-refractivity contribution in [2.75, 3.05) is 0 Å². The number of pyridine rings is 1. The summed E-state index contributed by atoms with van der Waals surface area (Å²) in [6.07, 6.45) is 0. The van der Waals surface area contributed by atoms with E-state index in [0.29, 0.717) is 23.1 Å². The predicted octanol–water partition coefficient (Wildman–Crippen LogP) is 4.67. The Balaban J connectivity index is 1.98. The van der Waals surface area contributed by atoms with Crippen LogP contribution in [0.15, 0.2) is 54.6 Å². The zero-order valence-corrected chi connectivity index (χ0v) is 12.8. The minimum atomic E-state index is -0.125. The van der Waals surface area contributed by atoms with Crippen molar-refractivity contribution in [3.05, 3.63) is 70.9 Å². The van der Waals surface area contributed by atoms with Crippen molar-refractivity contribution in [2.45, 2.75) is 13.5 Å². The molecule has 0 aliphatic carbocycles. The van der Waals surface area contributed by atoms with Gasteiger partial charge in [-0.25, -0.2) is 4.98 Å². The molecular formula is C18H14ClNO2. The fourth-order valence-corrected chi connectivity index (χ4v) is 2.41. The zero-order chi connectivity index (χ0) is 15.5. The first-order chi connectivity index (χ1) is 10.6. The van der Waals surface area contributed by atoms with E-state index < -0.39 is 0 Å². The highest BCUT2D eigenvalue weighted by Crippen LogP contribution is 2.26. The summed E-state index contributed by atoms with van der Waals surface area (Å²) in [7, 11) is 0. The number of fused-ring (bicyclic) bond motifs is 1. The highest BCUT2D eigenvalue weighted by molar-refractivity contribution is 6.31. The summed E-state index contributed by atoms with van der Waals surface area (Å²) in [6.45, 7) is 1.87. The lowest BCUT2D eigenvalue weighted by Gasteiger charge is -2.11. The Hall–Kier alpha value is -2.39. The molecular weight excluding hydrogens is 298 g/mol. The average Bonchev–Trinajstić information content (AvgIpc) is 2.52. The molecule has 2 aromatic carbocycles. The molecule has 0 radical (unpaired) electrons. The van der Waals surface area contributed by atoms with Crippen LogP contribution in [0.25, 0.3) is 10.9 Å². The van der Waals surface area contributed by atoms with E-state index >= 15 is 0 Å². The molecule has 0 bridgehead atoms. The van der Waals surface area contributed by atoms with Crippen LogP contribution in [0, 0.1) is 0 Å². The first kappa shape index (κ1) is 14.5. The standard InChI is InChI=1S/C18H14ClNO2/c1-12(21)18-17(22-11-13-5-3-2-4-6-13)10-14-9-15(19)7-8-16(14)20-18/h2-10H,11H2,1H3. The molecule has 0 fully saturated rings. The van der Waals surface area contributed by atoms with Crippen LogP contribution in [0.1, 0.15) is 23.0 Å². The highest BCUT2D eigenvalue weighted by atomic mass is 35.5. The van der Waals surface area contributed by atoms with E-state index in [1.54, 1.807) is 12.1 Å². The van der Waals surface area contributed by atoms with Gasteiger partial charge in [-0.05, 0) is 29.8 Å². The highest BCUT2D eigenvalue weighted by Gasteiger charge is 2.13. The number of hydrogen-bond donors (Lipinski definition) is 0. The minimum absolute atomic E-state index is 0.125. The van der Waals surface area contributed by atoms with Crippen LogP contribution in [-0.4, -0.2) is 10.8 Å². The molecule has 0 saturated carbocycles. The first-order valence-corrected chi connectivity index (χ1v) is 7.29. The van der Waals surface area contributed by atoms with Gasteiger partial charge in [0, 0.05) is 17.3 Å². The Bertz CT molecular complexity index is 831. The second kappa shape index (κ2) is 6.16. The van der Waals surface area contributed by atoms with Gasteiger partial charge in [-0.15, -0.1) is 0 Å². The van der Waals surface area contributed by atoms with Crippen molar-refractivity contribution in [1.82, 2.24) is 4.98 Å². The topological polar surface area (TPSA) is 39.2 Å². The van der Waals surface area contributed by atoms with Gasteiger partial charge in [0.25, 0.3) is 0 Å². The number of hydrogen-bond acceptors (Lipinski definition) is 3. The Morgan fingerprint density at radius 3 is 2.64 bits per heavy atom. The third-order valence-corrected chi connectivity index (χ3v) is 3.55. The smallest absolute Gasteiger partial charge is 0.181 e. The van der Waals surface area contributed by atoms with Crippen molar-refractivity contribution < 1.29 is 9.53 Å². The molecule has 0 spiro atoms. The van der Waals surface area contributed by atoms with E-state index in [1.165, 1.54) is 6.92 Å². The molecule has 0 aliphatic rings. The van der Waals surface area contributed by atoms with Gasteiger partial charge in [0.05, 0.1) is 5.52 Å². The molecule has 1 heterocycles. The van der Waals surface area contributed by atoms with Crippen LogP contribution < -0.4 is 4.74 Å². The van der Waals surface area contributed by atoms with E-state index in [9.17, 15) is 4.79 Å². The number of halogens is 1. The molecule has 0 atom stereocenters. The Kier molecular flexibility index (Phi) is 4.07. The van der Waals surface area contributed by atoms with Crippen LogP contribution in [0.2, 0.25) is 5.02 Å². The maximum absolute atomic E-state index is 11.8. The minimum Gasteiger partial charge on any atom is -0.486 e.